The summed E-state index contributed by atoms with van der Waals surface area (Å²) >= 11 is 12.1. The van der Waals surface area contributed by atoms with E-state index in [1.165, 1.54) is 18.2 Å². The van der Waals surface area contributed by atoms with Gasteiger partial charge < -0.3 is 5.73 Å². The van der Waals surface area contributed by atoms with Crippen LogP contribution in [0.25, 0.3) is 0 Å². The molecule has 9 heteroatoms. The smallest absolute Gasteiger partial charge is 0.264 e. The van der Waals surface area contributed by atoms with Crippen LogP contribution in [0.1, 0.15) is 0 Å². The number of hydrogen-bond donors (Lipinski definition) is 2. The first-order chi connectivity index (χ1) is 9.70. The van der Waals surface area contributed by atoms with Crippen LogP contribution in [0.15, 0.2) is 44.2 Å². The third kappa shape index (κ3) is 3.68. The molecule has 0 fully saturated rings. The predicted octanol–water partition coefficient (Wildman–Crippen LogP) is 4.39. The molecular weight excluding hydrogens is 450 g/mol. The maximum atomic E-state index is 13.2. The van der Waals surface area contributed by atoms with Gasteiger partial charge in [0.25, 0.3) is 10.0 Å². The lowest BCUT2D eigenvalue weighted by Crippen LogP contribution is -2.15. The first kappa shape index (κ1) is 16.5. The third-order valence-corrected chi connectivity index (χ3v) is 6.03. The summed E-state index contributed by atoms with van der Waals surface area (Å²) in [6.45, 7) is 0. The minimum Gasteiger partial charge on any atom is -0.399 e. The molecule has 0 amide bonds. The Balaban J connectivity index is 2.51. The number of sulfonamides is 1. The van der Waals surface area contributed by atoms with E-state index in [0.29, 0.717) is 5.69 Å². The van der Waals surface area contributed by atoms with Gasteiger partial charge in [0.1, 0.15) is 10.7 Å². The van der Waals surface area contributed by atoms with Crippen molar-refractivity contribution >= 4 is 64.9 Å². The number of rotatable bonds is 3. The molecule has 0 saturated carbocycles. The Morgan fingerprint density at radius 2 is 1.71 bits per heavy atom. The van der Waals surface area contributed by atoms with Gasteiger partial charge in [-0.25, -0.2) is 12.8 Å². The highest BCUT2D eigenvalue weighted by Gasteiger charge is 2.23. The number of nitrogen functional groups attached to an aromatic ring is 1. The number of halogens is 4. The SMILES string of the molecule is Nc1cc(Br)c(S(=O)(=O)Nc2cc(F)ccc2Cl)c(Br)c1. The molecule has 0 aromatic heterocycles. The van der Waals surface area contributed by atoms with Crippen molar-refractivity contribution in [3.63, 3.8) is 0 Å². The fourth-order valence-electron chi connectivity index (χ4n) is 1.61. The van der Waals surface area contributed by atoms with Gasteiger partial charge in [-0.1, -0.05) is 11.6 Å². The standard InChI is InChI=1S/C12H8Br2ClFN2O2S/c13-8-4-7(17)5-9(14)12(8)21(19,20)18-11-3-6(16)1-2-10(11)15/h1-5,18H,17H2. The van der Waals surface area contributed by atoms with Crippen LogP contribution in [0.2, 0.25) is 5.02 Å². The maximum Gasteiger partial charge on any atom is 0.264 e. The summed E-state index contributed by atoms with van der Waals surface area (Å²) < 4.78 is 40.8. The Hall–Kier alpha value is -0.830. The van der Waals surface area contributed by atoms with Gasteiger partial charge >= 0.3 is 0 Å². The van der Waals surface area contributed by atoms with Crippen LogP contribution >= 0.6 is 43.5 Å². The predicted molar refractivity (Wildman–Crippen MR) is 88.5 cm³/mol. The summed E-state index contributed by atoms with van der Waals surface area (Å²) in [4.78, 5) is -0.0583. The molecule has 0 aliphatic heterocycles. The molecule has 4 nitrogen and oxygen atoms in total. The molecule has 2 rings (SSSR count). The van der Waals surface area contributed by atoms with Crippen molar-refractivity contribution in [3.8, 4) is 0 Å². The molecule has 0 atom stereocenters. The molecule has 0 saturated heterocycles. The van der Waals surface area contributed by atoms with Crippen LogP contribution in [-0.2, 0) is 10.0 Å². The Kier molecular flexibility index (Phi) is 4.82. The number of nitrogens with one attached hydrogen (secondary N) is 1. The molecule has 0 aliphatic carbocycles. The summed E-state index contributed by atoms with van der Waals surface area (Å²) in [5.74, 6) is -0.604. The topological polar surface area (TPSA) is 72.2 Å². The molecule has 0 heterocycles. The molecule has 3 N–H and O–H groups in total. The van der Waals surface area contributed by atoms with Crippen LogP contribution in [0.5, 0.6) is 0 Å². The molecular formula is C12H8Br2ClFN2O2S. The highest BCUT2D eigenvalue weighted by atomic mass is 79.9. The van der Waals surface area contributed by atoms with E-state index in [-0.39, 0.29) is 24.6 Å². The number of anilines is 2. The van der Waals surface area contributed by atoms with Gasteiger partial charge in [0.15, 0.2) is 0 Å². The molecule has 0 unspecified atom stereocenters. The van der Waals surface area contributed by atoms with Crippen molar-refractivity contribution < 1.29 is 12.8 Å². The molecule has 0 bridgehead atoms. The van der Waals surface area contributed by atoms with Gasteiger partial charge in [-0.3, -0.25) is 4.72 Å². The largest absolute Gasteiger partial charge is 0.399 e. The van der Waals surface area contributed by atoms with Gasteiger partial charge in [-0.2, -0.15) is 0 Å². The zero-order chi connectivity index (χ0) is 15.8. The summed E-state index contributed by atoms with van der Waals surface area (Å²) in [7, 11) is -3.98. The zero-order valence-corrected chi connectivity index (χ0v) is 14.9. The second-order valence-electron chi connectivity index (χ2n) is 4.04. The van der Waals surface area contributed by atoms with Crippen molar-refractivity contribution in [2.75, 3.05) is 10.5 Å². The highest BCUT2D eigenvalue weighted by Crippen LogP contribution is 2.34. The van der Waals surface area contributed by atoms with Crippen molar-refractivity contribution in [1.29, 1.82) is 0 Å². The number of benzene rings is 2. The highest BCUT2D eigenvalue weighted by molar-refractivity contribution is 9.11. The van der Waals surface area contributed by atoms with Crippen molar-refractivity contribution in [2.24, 2.45) is 0 Å². The van der Waals surface area contributed by atoms with Crippen LogP contribution < -0.4 is 10.5 Å². The van der Waals surface area contributed by atoms with E-state index >= 15 is 0 Å². The average Bonchev–Trinajstić information content (AvgIpc) is 2.31. The Labute approximate surface area is 142 Å². The first-order valence-electron chi connectivity index (χ1n) is 5.43. The summed E-state index contributed by atoms with van der Waals surface area (Å²) in [5.41, 5.74) is 5.96. The quantitative estimate of drug-likeness (QED) is 0.671. The van der Waals surface area contributed by atoms with Gasteiger partial charge in [0.2, 0.25) is 0 Å². The molecule has 0 radical (unpaired) electrons. The molecule has 0 spiro atoms. The minimum atomic E-state index is -3.98. The van der Waals surface area contributed by atoms with Gasteiger partial charge in [-0.15, -0.1) is 0 Å². The Morgan fingerprint density at radius 3 is 2.29 bits per heavy atom. The summed E-state index contributed by atoms with van der Waals surface area (Å²) in [6, 6.07) is 6.30. The first-order valence-corrected chi connectivity index (χ1v) is 8.88. The summed E-state index contributed by atoms with van der Waals surface area (Å²) in [5, 5.41) is 0.0858. The minimum absolute atomic E-state index is 0.0488. The van der Waals surface area contributed by atoms with Crippen LogP contribution in [0.3, 0.4) is 0 Å². The molecule has 2 aromatic carbocycles. The van der Waals surface area contributed by atoms with Gasteiger partial charge in [-0.05, 0) is 62.2 Å². The monoisotopic (exact) mass is 456 g/mol. The van der Waals surface area contributed by atoms with Gasteiger partial charge in [0.05, 0.1) is 10.7 Å². The van der Waals surface area contributed by atoms with E-state index < -0.39 is 15.8 Å². The second-order valence-corrected chi connectivity index (χ2v) is 7.78. The normalized spacial score (nSPS) is 11.4. The summed E-state index contributed by atoms with van der Waals surface area (Å²) in [6.07, 6.45) is 0. The second kappa shape index (κ2) is 6.12. The lowest BCUT2D eigenvalue weighted by Gasteiger charge is -2.13. The van der Waals surface area contributed by atoms with Crippen molar-refractivity contribution in [1.82, 2.24) is 0 Å². The van der Waals surface area contributed by atoms with Crippen LogP contribution in [0, 0.1) is 5.82 Å². The van der Waals surface area contributed by atoms with E-state index in [9.17, 15) is 12.8 Å². The Morgan fingerprint density at radius 1 is 1.14 bits per heavy atom. The van der Waals surface area contributed by atoms with E-state index in [1.54, 1.807) is 0 Å². The van der Waals surface area contributed by atoms with Crippen molar-refractivity contribution in [2.45, 2.75) is 4.90 Å². The lowest BCUT2D eigenvalue weighted by atomic mass is 10.3. The fraction of sp³-hybridized carbons (Fsp3) is 0. The number of hydrogen-bond acceptors (Lipinski definition) is 3. The van der Waals surface area contributed by atoms with Crippen LogP contribution in [0.4, 0.5) is 15.8 Å². The van der Waals surface area contributed by atoms with Crippen LogP contribution in [-0.4, -0.2) is 8.42 Å². The maximum absolute atomic E-state index is 13.2. The third-order valence-electron chi connectivity index (χ3n) is 2.46. The van der Waals surface area contributed by atoms with Crippen molar-refractivity contribution in [3.05, 3.63) is 50.1 Å². The molecule has 0 aliphatic rings. The average molecular weight is 459 g/mol. The molecule has 21 heavy (non-hydrogen) atoms. The number of nitrogens with two attached hydrogens (primary N) is 1. The Bertz CT molecular complexity index is 792. The fourth-order valence-corrected chi connectivity index (χ4v) is 5.52. The van der Waals surface area contributed by atoms with E-state index in [1.807, 2.05) is 0 Å². The zero-order valence-electron chi connectivity index (χ0n) is 10.2. The van der Waals surface area contributed by atoms with E-state index in [4.69, 9.17) is 17.3 Å². The lowest BCUT2D eigenvalue weighted by molar-refractivity contribution is 0.600. The molecule has 112 valence electrons. The van der Waals surface area contributed by atoms with E-state index in [0.717, 1.165) is 12.1 Å². The van der Waals surface area contributed by atoms with E-state index in [2.05, 4.69) is 36.6 Å². The molecule has 2 aromatic rings. The van der Waals surface area contributed by atoms with Gasteiger partial charge in [0, 0.05) is 14.6 Å².